The molecule has 142 valence electrons. The standard InChI is InChI=1S/C20H24N4O3/c1-3-27-20(26)24-12-10-23(11-13-24)19(25)18-9-8-17(14-21-18)22-16-6-4-15(2)5-7-16/h4-9,14,22H,3,10-13H2,1-2H3. The maximum atomic E-state index is 12.6. The number of aromatic nitrogens is 1. The van der Waals surface area contributed by atoms with E-state index in [4.69, 9.17) is 4.74 Å². The first kappa shape index (κ1) is 18.7. The van der Waals surface area contributed by atoms with E-state index in [9.17, 15) is 9.59 Å². The monoisotopic (exact) mass is 368 g/mol. The number of piperazine rings is 1. The molecule has 1 N–H and O–H groups in total. The van der Waals surface area contributed by atoms with E-state index < -0.39 is 0 Å². The summed E-state index contributed by atoms with van der Waals surface area (Å²) in [6.07, 6.45) is 1.33. The maximum Gasteiger partial charge on any atom is 0.409 e. The van der Waals surface area contributed by atoms with Crippen LogP contribution in [0.5, 0.6) is 0 Å². The van der Waals surface area contributed by atoms with Gasteiger partial charge in [-0.2, -0.15) is 0 Å². The molecule has 0 unspecified atom stereocenters. The Morgan fingerprint density at radius 1 is 1.00 bits per heavy atom. The number of carbonyl (C=O) groups is 2. The molecule has 7 nitrogen and oxygen atoms in total. The summed E-state index contributed by atoms with van der Waals surface area (Å²) in [7, 11) is 0. The highest BCUT2D eigenvalue weighted by Gasteiger charge is 2.26. The van der Waals surface area contributed by atoms with Crippen molar-refractivity contribution in [2.45, 2.75) is 13.8 Å². The molecule has 0 saturated carbocycles. The molecule has 1 saturated heterocycles. The molecule has 2 amide bonds. The molecule has 0 aliphatic carbocycles. The van der Waals surface area contributed by atoms with Gasteiger partial charge in [0.05, 0.1) is 18.5 Å². The number of hydrogen-bond donors (Lipinski definition) is 1. The zero-order valence-electron chi connectivity index (χ0n) is 15.6. The third-order valence-electron chi connectivity index (χ3n) is 4.42. The van der Waals surface area contributed by atoms with Gasteiger partial charge < -0.3 is 19.9 Å². The molecule has 0 spiro atoms. The Balaban J connectivity index is 1.56. The first-order valence-corrected chi connectivity index (χ1v) is 9.07. The molecule has 1 aliphatic heterocycles. The van der Waals surface area contributed by atoms with Crippen molar-refractivity contribution in [2.75, 3.05) is 38.1 Å². The van der Waals surface area contributed by atoms with Gasteiger partial charge in [-0.1, -0.05) is 17.7 Å². The maximum absolute atomic E-state index is 12.6. The quantitative estimate of drug-likeness (QED) is 0.898. The van der Waals surface area contributed by atoms with Crippen molar-refractivity contribution in [3.05, 3.63) is 53.9 Å². The highest BCUT2D eigenvalue weighted by Crippen LogP contribution is 2.17. The van der Waals surface area contributed by atoms with Crippen molar-refractivity contribution in [3.63, 3.8) is 0 Å². The molecule has 0 radical (unpaired) electrons. The van der Waals surface area contributed by atoms with Gasteiger partial charge in [-0.15, -0.1) is 0 Å². The predicted molar refractivity (Wildman–Crippen MR) is 103 cm³/mol. The number of nitrogens with zero attached hydrogens (tertiary/aromatic N) is 3. The Labute approximate surface area is 158 Å². The van der Waals surface area contributed by atoms with Crippen molar-refractivity contribution in [2.24, 2.45) is 0 Å². The van der Waals surface area contributed by atoms with Gasteiger partial charge in [0.2, 0.25) is 0 Å². The molecule has 1 fully saturated rings. The second-order valence-electron chi connectivity index (χ2n) is 6.40. The lowest BCUT2D eigenvalue weighted by Crippen LogP contribution is -2.50. The van der Waals surface area contributed by atoms with Crippen LogP contribution in [0.3, 0.4) is 0 Å². The van der Waals surface area contributed by atoms with Crippen LogP contribution in [0.4, 0.5) is 16.2 Å². The summed E-state index contributed by atoms with van der Waals surface area (Å²) in [4.78, 5) is 32.0. The third kappa shape index (κ3) is 4.75. The predicted octanol–water partition coefficient (Wildman–Crippen LogP) is 3.05. The number of benzene rings is 1. The van der Waals surface area contributed by atoms with Crippen molar-refractivity contribution in [1.82, 2.24) is 14.8 Å². The fourth-order valence-corrected chi connectivity index (χ4v) is 2.87. The molecule has 3 rings (SSSR count). The SMILES string of the molecule is CCOC(=O)N1CCN(C(=O)c2ccc(Nc3ccc(C)cc3)cn2)CC1. The Kier molecular flexibility index (Phi) is 5.90. The Morgan fingerprint density at radius 2 is 1.63 bits per heavy atom. The van der Waals surface area contributed by atoms with Gasteiger partial charge in [0.15, 0.2) is 0 Å². The van der Waals surface area contributed by atoms with Crippen molar-refractivity contribution >= 4 is 23.4 Å². The van der Waals surface area contributed by atoms with Gasteiger partial charge in [0.25, 0.3) is 5.91 Å². The number of hydrogen-bond acceptors (Lipinski definition) is 5. The summed E-state index contributed by atoms with van der Waals surface area (Å²) < 4.78 is 4.99. The van der Waals surface area contributed by atoms with Gasteiger partial charge in [-0.3, -0.25) is 4.79 Å². The Hall–Kier alpha value is -3.09. The minimum atomic E-state index is -0.325. The van der Waals surface area contributed by atoms with Crippen LogP contribution >= 0.6 is 0 Å². The molecule has 27 heavy (non-hydrogen) atoms. The first-order chi connectivity index (χ1) is 13.1. The zero-order valence-corrected chi connectivity index (χ0v) is 15.6. The molecule has 1 aromatic carbocycles. The van der Waals surface area contributed by atoms with Crippen LogP contribution in [0.1, 0.15) is 23.0 Å². The average Bonchev–Trinajstić information content (AvgIpc) is 2.70. The van der Waals surface area contributed by atoms with E-state index in [0.717, 1.165) is 11.4 Å². The summed E-state index contributed by atoms with van der Waals surface area (Å²) in [6.45, 7) is 6.06. The van der Waals surface area contributed by atoms with E-state index in [0.29, 0.717) is 38.5 Å². The molecule has 7 heteroatoms. The molecule has 0 bridgehead atoms. The fraction of sp³-hybridized carbons (Fsp3) is 0.350. The van der Waals surface area contributed by atoms with Gasteiger partial charge in [0.1, 0.15) is 5.69 Å². The summed E-state index contributed by atoms with van der Waals surface area (Å²) >= 11 is 0. The minimum Gasteiger partial charge on any atom is -0.450 e. The highest BCUT2D eigenvalue weighted by atomic mass is 16.6. The summed E-state index contributed by atoms with van der Waals surface area (Å²) in [5.74, 6) is -0.125. The van der Waals surface area contributed by atoms with Crippen LogP contribution in [0, 0.1) is 6.92 Å². The molecule has 2 heterocycles. The highest BCUT2D eigenvalue weighted by molar-refractivity contribution is 5.92. The fourth-order valence-electron chi connectivity index (χ4n) is 2.87. The Bertz CT molecular complexity index is 782. The van der Waals surface area contributed by atoms with E-state index >= 15 is 0 Å². The molecular weight excluding hydrogens is 344 g/mol. The van der Waals surface area contributed by atoms with Crippen LogP contribution in [-0.2, 0) is 4.74 Å². The van der Waals surface area contributed by atoms with Crippen LogP contribution in [-0.4, -0.2) is 59.6 Å². The van der Waals surface area contributed by atoms with Crippen LogP contribution in [0.25, 0.3) is 0 Å². The minimum absolute atomic E-state index is 0.125. The second-order valence-corrected chi connectivity index (χ2v) is 6.40. The smallest absolute Gasteiger partial charge is 0.409 e. The summed E-state index contributed by atoms with van der Waals surface area (Å²) in [6, 6.07) is 11.6. The number of anilines is 2. The summed E-state index contributed by atoms with van der Waals surface area (Å²) in [5.41, 5.74) is 3.39. The number of aryl methyl sites for hydroxylation is 1. The van der Waals surface area contributed by atoms with Gasteiger partial charge in [0, 0.05) is 31.9 Å². The third-order valence-corrected chi connectivity index (χ3v) is 4.42. The van der Waals surface area contributed by atoms with E-state index in [1.807, 2.05) is 37.3 Å². The van der Waals surface area contributed by atoms with Crippen molar-refractivity contribution in [3.8, 4) is 0 Å². The average molecular weight is 368 g/mol. The number of pyridine rings is 1. The lowest BCUT2D eigenvalue weighted by molar-refractivity contribution is 0.0566. The molecule has 2 aromatic rings. The number of nitrogens with one attached hydrogen (secondary N) is 1. The van der Waals surface area contributed by atoms with Crippen molar-refractivity contribution in [1.29, 1.82) is 0 Å². The molecule has 0 atom stereocenters. The second kappa shape index (κ2) is 8.53. The summed E-state index contributed by atoms with van der Waals surface area (Å²) in [5, 5.41) is 3.26. The van der Waals surface area contributed by atoms with E-state index in [1.54, 1.807) is 29.0 Å². The number of ether oxygens (including phenoxy) is 1. The lowest BCUT2D eigenvalue weighted by atomic mass is 10.2. The zero-order chi connectivity index (χ0) is 19.2. The van der Waals surface area contributed by atoms with E-state index in [1.165, 1.54) is 5.56 Å². The molecular formula is C20H24N4O3. The number of amides is 2. The Morgan fingerprint density at radius 3 is 2.22 bits per heavy atom. The number of carbonyl (C=O) groups excluding carboxylic acids is 2. The van der Waals surface area contributed by atoms with Gasteiger partial charge in [-0.25, -0.2) is 9.78 Å². The molecule has 1 aliphatic rings. The van der Waals surface area contributed by atoms with Crippen molar-refractivity contribution < 1.29 is 14.3 Å². The topological polar surface area (TPSA) is 74.8 Å². The first-order valence-electron chi connectivity index (χ1n) is 9.07. The van der Waals surface area contributed by atoms with Crippen LogP contribution in [0.15, 0.2) is 42.6 Å². The normalized spacial score (nSPS) is 14.0. The number of rotatable bonds is 4. The molecule has 1 aromatic heterocycles. The van der Waals surface area contributed by atoms with E-state index in [-0.39, 0.29) is 12.0 Å². The van der Waals surface area contributed by atoms with Gasteiger partial charge in [-0.05, 0) is 38.1 Å². The van der Waals surface area contributed by atoms with Crippen LogP contribution in [0.2, 0.25) is 0 Å². The lowest BCUT2D eigenvalue weighted by Gasteiger charge is -2.33. The largest absolute Gasteiger partial charge is 0.450 e. The van der Waals surface area contributed by atoms with E-state index in [2.05, 4.69) is 10.3 Å². The van der Waals surface area contributed by atoms with Crippen LogP contribution < -0.4 is 5.32 Å². The van der Waals surface area contributed by atoms with Gasteiger partial charge >= 0.3 is 6.09 Å².